The molecule has 0 atom stereocenters. The summed E-state index contributed by atoms with van der Waals surface area (Å²) in [6.07, 6.45) is 3.45. The second-order valence-electron chi connectivity index (χ2n) is 5.48. The fourth-order valence-corrected chi connectivity index (χ4v) is 2.46. The van der Waals surface area contributed by atoms with E-state index in [0.717, 1.165) is 28.1 Å². The monoisotopic (exact) mass is 310 g/mol. The number of hydrogen-bond donors (Lipinski definition) is 2. The molecule has 0 spiro atoms. The first-order chi connectivity index (χ1) is 11.0. The van der Waals surface area contributed by atoms with Crippen molar-refractivity contribution in [3.05, 3.63) is 64.9 Å². The molecule has 0 bridgehead atoms. The number of hydrogen-bond acceptors (Lipinski definition) is 2. The Hall–Kier alpha value is -2.75. The van der Waals surface area contributed by atoms with Gasteiger partial charge in [-0.05, 0) is 55.7 Å². The summed E-state index contributed by atoms with van der Waals surface area (Å²) in [5.74, 6) is 0.804. The van der Waals surface area contributed by atoms with Crippen molar-refractivity contribution in [2.75, 3.05) is 12.4 Å². The van der Waals surface area contributed by atoms with Gasteiger partial charge in [-0.15, -0.1) is 0 Å². The normalized spacial score (nSPS) is 10.6. The number of benzene rings is 2. The highest BCUT2D eigenvalue weighted by Crippen LogP contribution is 2.21. The van der Waals surface area contributed by atoms with Gasteiger partial charge in [0.05, 0.1) is 7.11 Å². The fourth-order valence-electron chi connectivity index (χ4n) is 2.46. The van der Waals surface area contributed by atoms with Crippen LogP contribution < -0.4 is 15.4 Å². The van der Waals surface area contributed by atoms with Crippen LogP contribution in [0.15, 0.2) is 42.6 Å². The molecule has 4 nitrogen and oxygen atoms in total. The van der Waals surface area contributed by atoms with Gasteiger partial charge in [-0.25, -0.2) is 4.79 Å². The van der Waals surface area contributed by atoms with Gasteiger partial charge < -0.3 is 15.4 Å². The maximum atomic E-state index is 12.0. The summed E-state index contributed by atoms with van der Waals surface area (Å²) < 4.78 is 5.11. The first-order valence-electron chi connectivity index (χ1n) is 7.45. The van der Waals surface area contributed by atoms with Gasteiger partial charge in [-0.1, -0.05) is 29.8 Å². The summed E-state index contributed by atoms with van der Waals surface area (Å²) in [7, 11) is 1.63. The number of methoxy groups -OCH3 is 1. The third-order valence-electron chi connectivity index (χ3n) is 3.52. The minimum Gasteiger partial charge on any atom is -0.497 e. The predicted molar refractivity (Wildman–Crippen MR) is 94.8 cm³/mol. The highest BCUT2D eigenvalue weighted by Gasteiger charge is 2.06. The summed E-state index contributed by atoms with van der Waals surface area (Å²) in [6, 6.07) is 11.4. The van der Waals surface area contributed by atoms with Crippen molar-refractivity contribution in [3.63, 3.8) is 0 Å². The fraction of sp³-hybridized carbons (Fsp3) is 0.211. The summed E-state index contributed by atoms with van der Waals surface area (Å²) in [6.45, 7) is 6.02. The summed E-state index contributed by atoms with van der Waals surface area (Å²) in [5, 5.41) is 5.60. The van der Waals surface area contributed by atoms with Crippen LogP contribution in [0.4, 0.5) is 10.5 Å². The molecular weight excluding hydrogens is 288 g/mol. The van der Waals surface area contributed by atoms with E-state index in [1.807, 2.05) is 51.1 Å². The zero-order valence-corrected chi connectivity index (χ0v) is 13.9. The van der Waals surface area contributed by atoms with Gasteiger partial charge in [0, 0.05) is 11.9 Å². The molecule has 2 aromatic carbocycles. The Morgan fingerprint density at radius 3 is 2.22 bits per heavy atom. The molecule has 0 fully saturated rings. The van der Waals surface area contributed by atoms with Crippen LogP contribution in [0.5, 0.6) is 5.75 Å². The van der Waals surface area contributed by atoms with Gasteiger partial charge in [0.25, 0.3) is 0 Å². The predicted octanol–water partition coefficient (Wildman–Crippen LogP) is 4.41. The number of rotatable bonds is 4. The molecule has 0 aromatic heterocycles. The van der Waals surface area contributed by atoms with Crippen LogP contribution in [-0.4, -0.2) is 13.1 Å². The number of aryl methyl sites for hydroxylation is 3. The number of anilines is 1. The van der Waals surface area contributed by atoms with Crippen LogP contribution in [0, 0.1) is 20.8 Å². The number of carbonyl (C=O) groups is 1. The first-order valence-corrected chi connectivity index (χ1v) is 7.45. The minimum atomic E-state index is -0.259. The average Bonchev–Trinajstić information content (AvgIpc) is 2.51. The number of ether oxygens (including phenoxy) is 1. The Bertz CT molecular complexity index is 696. The van der Waals surface area contributed by atoms with Gasteiger partial charge >= 0.3 is 6.03 Å². The molecule has 4 heteroatoms. The molecule has 0 heterocycles. The van der Waals surface area contributed by atoms with Gasteiger partial charge in [0.2, 0.25) is 0 Å². The third kappa shape index (κ3) is 4.61. The largest absolute Gasteiger partial charge is 0.497 e. The summed E-state index contributed by atoms with van der Waals surface area (Å²) in [4.78, 5) is 12.0. The van der Waals surface area contributed by atoms with E-state index < -0.39 is 0 Å². The van der Waals surface area contributed by atoms with E-state index >= 15 is 0 Å². The molecule has 0 aliphatic carbocycles. The van der Waals surface area contributed by atoms with Crippen molar-refractivity contribution >= 4 is 17.8 Å². The molecule has 120 valence electrons. The molecule has 0 unspecified atom stereocenters. The summed E-state index contributed by atoms with van der Waals surface area (Å²) >= 11 is 0. The molecule has 0 aliphatic heterocycles. The highest BCUT2D eigenvalue weighted by molar-refractivity contribution is 5.92. The lowest BCUT2D eigenvalue weighted by Crippen LogP contribution is -2.24. The molecule has 0 saturated heterocycles. The number of urea groups is 1. The zero-order valence-electron chi connectivity index (χ0n) is 13.9. The Morgan fingerprint density at radius 2 is 1.65 bits per heavy atom. The Kier molecular flexibility index (Phi) is 5.41. The van der Waals surface area contributed by atoms with Crippen molar-refractivity contribution < 1.29 is 9.53 Å². The summed E-state index contributed by atoms with van der Waals surface area (Å²) in [5.41, 5.74) is 5.12. The Labute approximate surface area is 137 Å². The Balaban J connectivity index is 1.96. The third-order valence-corrected chi connectivity index (χ3v) is 3.52. The van der Waals surface area contributed by atoms with Crippen molar-refractivity contribution in [2.24, 2.45) is 0 Å². The maximum Gasteiger partial charge on any atom is 0.323 e. The van der Waals surface area contributed by atoms with Crippen molar-refractivity contribution in [1.82, 2.24) is 5.32 Å². The van der Waals surface area contributed by atoms with E-state index in [0.29, 0.717) is 0 Å². The topological polar surface area (TPSA) is 50.4 Å². The second kappa shape index (κ2) is 7.49. The van der Waals surface area contributed by atoms with Gasteiger partial charge in [0.1, 0.15) is 5.75 Å². The number of amides is 2. The van der Waals surface area contributed by atoms with Crippen LogP contribution >= 0.6 is 0 Å². The molecular formula is C19H22N2O2. The van der Waals surface area contributed by atoms with E-state index in [-0.39, 0.29) is 6.03 Å². The molecule has 23 heavy (non-hydrogen) atoms. The smallest absolute Gasteiger partial charge is 0.323 e. The van der Waals surface area contributed by atoms with Gasteiger partial charge in [-0.2, -0.15) is 0 Å². The van der Waals surface area contributed by atoms with Crippen LogP contribution in [0.25, 0.3) is 6.08 Å². The zero-order chi connectivity index (χ0) is 16.8. The van der Waals surface area contributed by atoms with Crippen molar-refractivity contribution in [2.45, 2.75) is 20.8 Å². The first kappa shape index (κ1) is 16.6. The molecule has 2 rings (SSSR count). The maximum absolute atomic E-state index is 12.0. The van der Waals surface area contributed by atoms with E-state index in [2.05, 4.69) is 22.8 Å². The van der Waals surface area contributed by atoms with Gasteiger partial charge in [-0.3, -0.25) is 0 Å². The van der Waals surface area contributed by atoms with Crippen LogP contribution in [0.1, 0.15) is 22.3 Å². The Morgan fingerprint density at radius 1 is 1.04 bits per heavy atom. The number of nitrogens with one attached hydrogen (secondary N) is 2. The SMILES string of the molecule is COc1ccc(/C=C/NC(=O)Nc2c(C)cc(C)cc2C)cc1. The van der Waals surface area contributed by atoms with Crippen LogP contribution in [-0.2, 0) is 0 Å². The molecule has 2 aromatic rings. The van der Waals surface area contributed by atoms with Crippen molar-refractivity contribution in [1.29, 1.82) is 0 Å². The van der Waals surface area contributed by atoms with Gasteiger partial charge in [0.15, 0.2) is 0 Å². The quantitative estimate of drug-likeness (QED) is 0.878. The van der Waals surface area contributed by atoms with Crippen LogP contribution in [0.2, 0.25) is 0 Å². The van der Waals surface area contributed by atoms with E-state index in [9.17, 15) is 4.79 Å². The second-order valence-corrected chi connectivity index (χ2v) is 5.48. The molecule has 2 amide bonds. The average molecular weight is 310 g/mol. The van der Waals surface area contributed by atoms with Crippen molar-refractivity contribution in [3.8, 4) is 5.75 Å². The van der Waals surface area contributed by atoms with E-state index in [1.165, 1.54) is 5.56 Å². The lowest BCUT2D eigenvalue weighted by Gasteiger charge is -2.12. The minimum absolute atomic E-state index is 0.259. The molecule has 0 saturated carbocycles. The number of carbonyl (C=O) groups excluding carboxylic acids is 1. The molecule has 2 N–H and O–H groups in total. The molecule has 0 aliphatic rings. The van der Waals surface area contributed by atoms with E-state index in [4.69, 9.17) is 4.74 Å². The molecule has 0 radical (unpaired) electrons. The van der Waals surface area contributed by atoms with Crippen LogP contribution in [0.3, 0.4) is 0 Å². The standard InChI is InChI=1S/C19H22N2O2/c1-13-11-14(2)18(15(3)12-13)21-19(22)20-10-9-16-5-7-17(23-4)8-6-16/h5-12H,1-4H3,(H2,20,21,22)/b10-9+. The lowest BCUT2D eigenvalue weighted by molar-refractivity contribution is 0.255. The lowest BCUT2D eigenvalue weighted by atomic mass is 10.1. The highest BCUT2D eigenvalue weighted by atomic mass is 16.5. The van der Waals surface area contributed by atoms with E-state index in [1.54, 1.807) is 13.3 Å².